The molecule has 0 aliphatic rings. The molecule has 0 atom stereocenters. The largest absolute Gasteiger partial charge is 0.453 e. The van der Waals surface area contributed by atoms with E-state index in [1.807, 2.05) is 12.1 Å². The summed E-state index contributed by atoms with van der Waals surface area (Å²) in [7, 11) is -3.82. The molecule has 9 heteroatoms. The van der Waals surface area contributed by atoms with Gasteiger partial charge < -0.3 is 4.74 Å². The molecule has 0 radical (unpaired) electrons. The number of nitriles is 1. The zero-order valence-corrected chi connectivity index (χ0v) is 19.2. The lowest BCUT2D eigenvalue weighted by Gasteiger charge is -2.14. The monoisotopic (exact) mass is 489 g/mol. The summed E-state index contributed by atoms with van der Waals surface area (Å²) in [5.74, 6) is -0.776. The molecular weight excluding hydrogens is 473 g/mol. The van der Waals surface area contributed by atoms with Crippen LogP contribution < -0.4 is 4.74 Å². The Labute approximate surface area is 199 Å². The topological polar surface area (TPSA) is 85.0 Å². The van der Waals surface area contributed by atoms with Gasteiger partial charge in [-0.1, -0.05) is 36.4 Å². The summed E-state index contributed by atoms with van der Waals surface area (Å²) in [4.78, 5) is 4.31. The zero-order valence-electron chi connectivity index (χ0n) is 17.6. The van der Waals surface area contributed by atoms with E-state index < -0.39 is 15.8 Å². The highest BCUT2D eigenvalue weighted by Crippen LogP contribution is 2.43. The first kappa shape index (κ1) is 21.8. The summed E-state index contributed by atoms with van der Waals surface area (Å²) >= 11 is 1.28. The third-order valence-electron chi connectivity index (χ3n) is 5.19. The first-order valence-electron chi connectivity index (χ1n) is 10.1. The Bertz CT molecular complexity index is 1640. The van der Waals surface area contributed by atoms with Gasteiger partial charge in [0.25, 0.3) is 0 Å². The van der Waals surface area contributed by atoms with Gasteiger partial charge in [0.15, 0.2) is 11.6 Å². The molecule has 2 aromatic heterocycles. The summed E-state index contributed by atoms with van der Waals surface area (Å²) in [6.07, 6.45) is 3.00. The average molecular weight is 490 g/mol. The van der Waals surface area contributed by atoms with E-state index in [9.17, 15) is 8.42 Å². The van der Waals surface area contributed by atoms with Crippen LogP contribution in [-0.2, 0) is 15.8 Å². The van der Waals surface area contributed by atoms with E-state index in [-0.39, 0.29) is 22.8 Å². The van der Waals surface area contributed by atoms with Crippen LogP contribution >= 0.6 is 11.3 Å². The van der Waals surface area contributed by atoms with Crippen LogP contribution in [0.5, 0.6) is 11.5 Å². The molecular formula is C25H16FN3O3S2. The minimum atomic E-state index is -3.82. The number of aromatic nitrogens is 2. The van der Waals surface area contributed by atoms with Crippen LogP contribution in [-0.4, -0.2) is 17.4 Å². The minimum absolute atomic E-state index is 0.0873. The number of thiazole rings is 1. The molecule has 5 rings (SSSR count). The highest BCUT2D eigenvalue weighted by molar-refractivity contribution is 7.89. The van der Waals surface area contributed by atoms with Gasteiger partial charge in [0.2, 0.25) is 10.0 Å². The second-order valence-electron chi connectivity index (χ2n) is 7.43. The van der Waals surface area contributed by atoms with Gasteiger partial charge in [0, 0.05) is 29.2 Å². The number of nitrogens with zero attached hydrogens (tertiary/aromatic N) is 3. The fourth-order valence-electron chi connectivity index (χ4n) is 3.71. The molecule has 0 fully saturated rings. The molecule has 34 heavy (non-hydrogen) atoms. The zero-order chi connectivity index (χ0) is 23.7. The Hall–Kier alpha value is -4.00. The molecule has 0 spiro atoms. The standard InChI is InChI=1S/C25H16FN3O3S2/c26-21-14-22-20(9-11-29(22)34(30,31)16-17-5-2-1-3-6-17)23(25-28-10-12-33-25)24(21)32-19-8-4-7-18(13-19)15-27/h1-14H,16H2. The number of fused-ring (bicyclic) bond motifs is 1. The molecule has 5 aromatic rings. The van der Waals surface area contributed by atoms with Crippen molar-refractivity contribution in [2.24, 2.45) is 0 Å². The number of hydrogen-bond donors (Lipinski definition) is 0. The Morgan fingerprint density at radius 2 is 1.91 bits per heavy atom. The molecule has 2 heterocycles. The van der Waals surface area contributed by atoms with Gasteiger partial charge in [-0.2, -0.15) is 5.26 Å². The van der Waals surface area contributed by atoms with Crippen molar-refractivity contribution >= 4 is 32.3 Å². The van der Waals surface area contributed by atoms with Crippen LogP contribution in [0.2, 0.25) is 0 Å². The van der Waals surface area contributed by atoms with Gasteiger partial charge in [0.1, 0.15) is 10.8 Å². The van der Waals surface area contributed by atoms with Gasteiger partial charge in [0.05, 0.1) is 28.5 Å². The predicted octanol–water partition coefficient (Wildman–Crippen LogP) is 5.95. The number of hydrogen-bond acceptors (Lipinski definition) is 6. The molecule has 0 N–H and O–H groups in total. The molecule has 0 saturated carbocycles. The van der Waals surface area contributed by atoms with E-state index in [1.165, 1.54) is 23.6 Å². The number of ether oxygens (including phenoxy) is 1. The van der Waals surface area contributed by atoms with Gasteiger partial charge in [-0.3, -0.25) is 0 Å². The summed E-state index contributed by atoms with van der Waals surface area (Å²) in [5, 5.41) is 11.9. The van der Waals surface area contributed by atoms with Crippen LogP contribution in [0.4, 0.5) is 4.39 Å². The highest BCUT2D eigenvalue weighted by Gasteiger charge is 2.25. The lowest BCUT2D eigenvalue weighted by Crippen LogP contribution is -2.14. The van der Waals surface area contributed by atoms with Crippen LogP contribution in [0, 0.1) is 17.1 Å². The Morgan fingerprint density at radius 1 is 1.09 bits per heavy atom. The van der Waals surface area contributed by atoms with Gasteiger partial charge in [-0.25, -0.2) is 21.8 Å². The quantitative estimate of drug-likeness (QED) is 0.294. The summed E-state index contributed by atoms with van der Waals surface area (Å²) in [6.45, 7) is 0. The van der Waals surface area contributed by atoms with Crippen LogP contribution in [0.3, 0.4) is 0 Å². The molecule has 3 aromatic carbocycles. The van der Waals surface area contributed by atoms with E-state index in [4.69, 9.17) is 10.00 Å². The maximum absolute atomic E-state index is 15.5. The van der Waals surface area contributed by atoms with Gasteiger partial charge >= 0.3 is 0 Å². The molecule has 168 valence electrons. The number of rotatable bonds is 6. The highest BCUT2D eigenvalue weighted by atomic mass is 32.2. The smallest absolute Gasteiger partial charge is 0.243 e. The maximum Gasteiger partial charge on any atom is 0.243 e. The lowest BCUT2D eigenvalue weighted by molar-refractivity contribution is 0.445. The van der Waals surface area contributed by atoms with E-state index in [0.717, 1.165) is 10.0 Å². The second kappa shape index (κ2) is 8.74. The summed E-state index contributed by atoms with van der Waals surface area (Å²) in [6, 6.07) is 20.0. The minimum Gasteiger partial charge on any atom is -0.453 e. The fourth-order valence-corrected chi connectivity index (χ4v) is 5.85. The maximum atomic E-state index is 15.5. The van der Waals surface area contributed by atoms with Crippen LogP contribution in [0.1, 0.15) is 11.1 Å². The van der Waals surface area contributed by atoms with Crippen molar-refractivity contribution in [1.82, 2.24) is 8.96 Å². The van der Waals surface area contributed by atoms with E-state index in [2.05, 4.69) is 4.98 Å². The molecule has 6 nitrogen and oxygen atoms in total. The normalized spacial score (nSPS) is 11.4. The fraction of sp³-hybridized carbons (Fsp3) is 0.0400. The summed E-state index contributed by atoms with van der Waals surface area (Å²) in [5.41, 5.74) is 1.54. The lowest BCUT2D eigenvalue weighted by atomic mass is 10.1. The first-order chi connectivity index (χ1) is 16.5. The second-order valence-corrected chi connectivity index (χ2v) is 10.2. The number of halogens is 1. The third-order valence-corrected chi connectivity index (χ3v) is 7.59. The molecule has 0 bridgehead atoms. The van der Waals surface area contributed by atoms with E-state index in [0.29, 0.717) is 27.1 Å². The molecule has 0 amide bonds. The van der Waals surface area contributed by atoms with Crippen molar-refractivity contribution in [2.75, 3.05) is 0 Å². The van der Waals surface area contributed by atoms with Crippen molar-refractivity contribution < 1.29 is 17.5 Å². The van der Waals surface area contributed by atoms with Crippen molar-refractivity contribution in [3.05, 3.63) is 101 Å². The van der Waals surface area contributed by atoms with Gasteiger partial charge in [-0.15, -0.1) is 11.3 Å². The number of benzene rings is 3. The average Bonchev–Trinajstić information content (AvgIpc) is 3.51. The predicted molar refractivity (Wildman–Crippen MR) is 129 cm³/mol. The Kier molecular flexibility index (Phi) is 5.61. The Morgan fingerprint density at radius 3 is 2.65 bits per heavy atom. The van der Waals surface area contributed by atoms with Crippen LogP contribution in [0.15, 0.2) is 84.5 Å². The van der Waals surface area contributed by atoms with Crippen molar-refractivity contribution in [1.29, 1.82) is 5.26 Å². The van der Waals surface area contributed by atoms with Crippen molar-refractivity contribution in [3.8, 4) is 28.1 Å². The molecule has 0 unspecified atom stereocenters. The summed E-state index contributed by atoms with van der Waals surface area (Å²) < 4.78 is 48.9. The SMILES string of the molecule is N#Cc1cccc(Oc2c(F)cc3c(ccn3S(=O)(=O)Cc3ccccc3)c2-c2nccs2)c1. The first-order valence-corrected chi connectivity index (χ1v) is 12.6. The molecule has 0 aliphatic heterocycles. The van der Waals surface area contributed by atoms with Crippen molar-refractivity contribution in [2.45, 2.75) is 5.75 Å². The Balaban J connectivity index is 1.67. The molecule has 0 aliphatic carbocycles. The van der Waals surface area contributed by atoms with E-state index in [1.54, 1.807) is 60.1 Å². The van der Waals surface area contributed by atoms with E-state index >= 15 is 4.39 Å². The van der Waals surface area contributed by atoms with Crippen LogP contribution in [0.25, 0.3) is 21.5 Å². The van der Waals surface area contributed by atoms with Crippen molar-refractivity contribution in [3.63, 3.8) is 0 Å². The third kappa shape index (κ3) is 4.05. The molecule has 0 saturated heterocycles. The van der Waals surface area contributed by atoms with Gasteiger partial charge in [-0.05, 0) is 29.8 Å².